The summed E-state index contributed by atoms with van der Waals surface area (Å²) in [6, 6.07) is 14.7. The molecule has 4 aromatic rings. The Morgan fingerprint density at radius 2 is 2.06 bits per heavy atom. The lowest BCUT2D eigenvalue weighted by atomic mass is 9.85. The molecule has 1 aliphatic carbocycles. The second-order valence-electron chi connectivity index (χ2n) is 8.48. The molecule has 1 atom stereocenters. The number of aryl methyl sites for hydroxylation is 1. The second kappa shape index (κ2) is 8.58. The number of hydrogen-bond acceptors (Lipinski definition) is 8. The average Bonchev–Trinajstić information content (AvgIpc) is 3.52. The number of thiazole rings is 1. The summed E-state index contributed by atoms with van der Waals surface area (Å²) < 4.78 is 7.24. The number of ether oxygens (including phenoxy) is 1. The number of nitrogens with zero attached hydrogens (tertiary/aromatic N) is 3. The molecule has 2 aromatic carbocycles. The van der Waals surface area contributed by atoms with E-state index in [9.17, 15) is 20.0 Å². The van der Waals surface area contributed by atoms with E-state index in [4.69, 9.17) is 9.73 Å². The monoisotopic (exact) mass is 517 g/mol. The highest BCUT2D eigenvalue weighted by Gasteiger charge is 2.33. The molecule has 8 nitrogen and oxygen atoms in total. The van der Waals surface area contributed by atoms with E-state index in [1.165, 1.54) is 36.1 Å². The zero-order chi connectivity index (χ0) is 25.0. The molecule has 10 heteroatoms. The van der Waals surface area contributed by atoms with Crippen molar-refractivity contribution >= 4 is 40.1 Å². The molecular formula is C26H19N3O5S2. The third kappa shape index (κ3) is 3.49. The summed E-state index contributed by atoms with van der Waals surface area (Å²) in [5.74, 6) is -0.586. The standard InChI is InChI=1S/C26H19N3O5S2/c1-34-19-12-14(11-18(24(19)30)29(32)33)13-21-25(31)28-23(20-7-4-10-35-20)17-9-8-15-5-2-3-6-16(15)22(17)27-26(28)36-21/h2-7,10-13,23,30H,8-9H2,1H3/b21-13+/t23-/m1/s1. The van der Waals surface area contributed by atoms with Crippen LogP contribution in [0.4, 0.5) is 5.69 Å². The van der Waals surface area contributed by atoms with Crippen LogP contribution in [0.15, 0.2) is 69.3 Å². The van der Waals surface area contributed by atoms with E-state index in [1.807, 2.05) is 29.6 Å². The minimum Gasteiger partial charge on any atom is -0.500 e. The Kier molecular flexibility index (Phi) is 5.35. The molecule has 2 aromatic heterocycles. The third-order valence-corrected chi connectivity index (χ3v) is 8.38. The molecular weight excluding hydrogens is 498 g/mol. The number of phenols is 1. The van der Waals surface area contributed by atoms with Gasteiger partial charge in [0.05, 0.1) is 28.3 Å². The number of fused-ring (bicyclic) bond motifs is 3. The molecule has 3 heterocycles. The Morgan fingerprint density at radius 1 is 1.22 bits per heavy atom. The molecule has 0 spiro atoms. The van der Waals surface area contributed by atoms with Gasteiger partial charge in [-0.3, -0.25) is 19.5 Å². The SMILES string of the molecule is COc1cc(/C=c2/sc3n(c2=O)[C@@H](c2cccs2)C2=C(N=3)c3ccccc3CC2)cc([N+](=O)[O-])c1O. The van der Waals surface area contributed by atoms with Gasteiger partial charge >= 0.3 is 5.69 Å². The van der Waals surface area contributed by atoms with Crippen molar-refractivity contribution in [2.45, 2.75) is 18.9 Å². The quantitative estimate of drug-likeness (QED) is 0.325. The van der Waals surface area contributed by atoms with Crippen molar-refractivity contribution in [3.63, 3.8) is 0 Å². The zero-order valence-corrected chi connectivity index (χ0v) is 20.6. The van der Waals surface area contributed by atoms with E-state index in [2.05, 4.69) is 12.1 Å². The van der Waals surface area contributed by atoms with Crippen LogP contribution in [0.1, 0.15) is 34.0 Å². The van der Waals surface area contributed by atoms with Gasteiger partial charge in [0.25, 0.3) is 5.56 Å². The van der Waals surface area contributed by atoms with E-state index in [1.54, 1.807) is 22.0 Å². The van der Waals surface area contributed by atoms with Gasteiger partial charge in [-0.05, 0) is 53.1 Å². The molecule has 0 fully saturated rings. The van der Waals surface area contributed by atoms with Gasteiger partial charge in [-0.25, -0.2) is 4.99 Å². The Morgan fingerprint density at radius 3 is 2.81 bits per heavy atom. The first-order chi connectivity index (χ1) is 17.5. The highest BCUT2D eigenvalue weighted by atomic mass is 32.1. The average molecular weight is 518 g/mol. The number of hydrogen-bond donors (Lipinski definition) is 1. The number of rotatable bonds is 4. The fraction of sp³-hybridized carbons (Fsp3) is 0.154. The summed E-state index contributed by atoms with van der Waals surface area (Å²) >= 11 is 2.85. The molecule has 2 aliphatic rings. The van der Waals surface area contributed by atoms with Gasteiger partial charge in [-0.2, -0.15) is 0 Å². The number of benzene rings is 2. The Bertz CT molecular complexity index is 1750. The summed E-state index contributed by atoms with van der Waals surface area (Å²) in [5.41, 5.74) is 4.06. The fourth-order valence-corrected chi connectivity index (χ4v) is 6.71. The number of phenolic OH excluding ortho intramolecular Hbond substituents is 1. The van der Waals surface area contributed by atoms with Crippen LogP contribution < -0.4 is 19.6 Å². The van der Waals surface area contributed by atoms with Crippen LogP contribution in [0, 0.1) is 10.1 Å². The van der Waals surface area contributed by atoms with Crippen LogP contribution in [0.3, 0.4) is 0 Å². The second-order valence-corrected chi connectivity index (χ2v) is 10.5. The summed E-state index contributed by atoms with van der Waals surface area (Å²) in [6.45, 7) is 0. The molecule has 0 saturated carbocycles. The number of aromatic hydroxyl groups is 1. The maximum Gasteiger partial charge on any atom is 0.315 e. The van der Waals surface area contributed by atoms with Crippen LogP contribution in [-0.2, 0) is 6.42 Å². The summed E-state index contributed by atoms with van der Waals surface area (Å²) in [7, 11) is 1.32. The van der Waals surface area contributed by atoms with Crippen molar-refractivity contribution in [1.29, 1.82) is 0 Å². The van der Waals surface area contributed by atoms with Crippen molar-refractivity contribution in [3.8, 4) is 11.5 Å². The predicted molar refractivity (Wildman–Crippen MR) is 138 cm³/mol. The smallest absolute Gasteiger partial charge is 0.315 e. The maximum absolute atomic E-state index is 13.7. The lowest BCUT2D eigenvalue weighted by Gasteiger charge is -2.30. The summed E-state index contributed by atoms with van der Waals surface area (Å²) in [5, 5.41) is 23.6. The molecule has 1 aliphatic heterocycles. The maximum atomic E-state index is 13.7. The van der Waals surface area contributed by atoms with Crippen molar-refractivity contribution < 1.29 is 14.8 Å². The molecule has 180 valence electrons. The molecule has 0 saturated heterocycles. The zero-order valence-electron chi connectivity index (χ0n) is 19.0. The van der Waals surface area contributed by atoms with E-state index < -0.39 is 16.4 Å². The number of methoxy groups -OCH3 is 1. The fourth-order valence-electron chi connectivity index (χ4n) is 4.86. The third-order valence-electron chi connectivity index (χ3n) is 6.48. The highest BCUT2D eigenvalue weighted by Crippen LogP contribution is 2.42. The van der Waals surface area contributed by atoms with Gasteiger partial charge in [-0.15, -0.1) is 11.3 Å². The van der Waals surface area contributed by atoms with Gasteiger partial charge in [0.1, 0.15) is 0 Å². The Hall–Kier alpha value is -4.02. The molecule has 0 amide bonds. The molecule has 0 unspecified atom stereocenters. The Balaban J connectivity index is 1.60. The first-order valence-electron chi connectivity index (χ1n) is 11.2. The summed E-state index contributed by atoms with van der Waals surface area (Å²) in [6.07, 6.45) is 3.28. The number of nitro groups is 1. The molecule has 0 radical (unpaired) electrons. The minimum atomic E-state index is -0.681. The van der Waals surface area contributed by atoms with Crippen LogP contribution in [-0.4, -0.2) is 21.7 Å². The van der Waals surface area contributed by atoms with Gasteiger partial charge in [0, 0.05) is 16.5 Å². The topological polar surface area (TPSA) is 107 Å². The number of aromatic nitrogens is 1. The number of thiophene rings is 1. The van der Waals surface area contributed by atoms with Gasteiger partial charge in [0.2, 0.25) is 5.75 Å². The van der Waals surface area contributed by atoms with Crippen LogP contribution >= 0.6 is 22.7 Å². The molecule has 1 N–H and O–H groups in total. The number of nitro benzene ring substituents is 1. The minimum absolute atomic E-state index is 0.0354. The van der Waals surface area contributed by atoms with E-state index in [0.29, 0.717) is 14.9 Å². The first-order valence-corrected chi connectivity index (χ1v) is 12.9. The van der Waals surface area contributed by atoms with Crippen molar-refractivity contribution in [3.05, 3.63) is 111 Å². The summed E-state index contributed by atoms with van der Waals surface area (Å²) in [4.78, 5) is 31.1. The predicted octanol–water partition coefficient (Wildman–Crippen LogP) is 4.00. The van der Waals surface area contributed by atoms with Crippen LogP contribution in [0.25, 0.3) is 11.8 Å². The van der Waals surface area contributed by atoms with Crippen molar-refractivity contribution in [2.75, 3.05) is 7.11 Å². The normalized spacial score (nSPS) is 16.7. The largest absolute Gasteiger partial charge is 0.500 e. The van der Waals surface area contributed by atoms with E-state index in [0.717, 1.165) is 34.6 Å². The van der Waals surface area contributed by atoms with Gasteiger partial charge < -0.3 is 9.84 Å². The molecule has 0 bridgehead atoms. The molecule has 36 heavy (non-hydrogen) atoms. The van der Waals surface area contributed by atoms with Gasteiger partial charge in [-0.1, -0.05) is 41.7 Å². The van der Waals surface area contributed by atoms with Crippen molar-refractivity contribution in [2.24, 2.45) is 4.99 Å². The Labute approximate surface area is 212 Å². The molecule has 6 rings (SSSR count). The van der Waals surface area contributed by atoms with Gasteiger partial charge in [0.15, 0.2) is 10.6 Å². The lowest BCUT2D eigenvalue weighted by Crippen LogP contribution is -2.38. The number of allylic oxidation sites excluding steroid dienone is 1. The highest BCUT2D eigenvalue weighted by molar-refractivity contribution is 7.10. The van der Waals surface area contributed by atoms with Crippen molar-refractivity contribution in [1.82, 2.24) is 4.57 Å². The first kappa shape index (κ1) is 22.4. The lowest BCUT2D eigenvalue weighted by molar-refractivity contribution is -0.386. The van der Waals surface area contributed by atoms with E-state index >= 15 is 0 Å². The van der Waals surface area contributed by atoms with Crippen LogP contribution in [0.2, 0.25) is 0 Å². The van der Waals surface area contributed by atoms with E-state index in [-0.39, 0.29) is 17.4 Å². The van der Waals surface area contributed by atoms with Crippen LogP contribution in [0.5, 0.6) is 11.5 Å².